The van der Waals surface area contributed by atoms with Crippen LogP contribution in [0.4, 0.5) is 0 Å². The number of rotatable bonds is 4. The van der Waals surface area contributed by atoms with E-state index in [1.807, 2.05) is 36.7 Å². The molecule has 3 N–H and O–H groups in total. The first-order valence-corrected chi connectivity index (χ1v) is 6.34. The van der Waals surface area contributed by atoms with Gasteiger partial charge >= 0.3 is 0 Å². The Hall–Kier alpha value is -1.94. The number of aryl methyl sites for hydroxylation is 2. The smallest absolute Gasteiger partial charge is 0.248 e. The fourth-order valence-corrected chi connectivity index (χ4v) is 2.17. The number of hydrogen-bond acceptors (Lipinski definition) is 2. The van der Waals surface area contributed by atoms with Gasteiger partial charge in [-0.1, -0.05) is 17.7 Å². The molecule has 0 atom stereocenters. The number of nitrogens with zero attached hydrogens (tertiary/aromatic N) is 1. The molecule has 1 aromatic carbocycles. The van der Waals surface area contributed by atoms with Gasteiger partial charge in [0.1, 0.15) is 0 Å². The van der Waals surface area contributed by atoms with Crippen LogP contribution in [0.2, 0.25) is 5.02 Å². The Morgan fingerprint density at radius 2 is 1.89 bits per heavy atom. The van der Waals surface area contributed by atoms with Gasteiger partial charge in [-0.05, 0) is 43.7 Å². The summed E-state index contributed by atoms with van der Waals surface area (Å²) >= 11 is 6.14. The van der Waals surface area contributed by atoms with Crippen molar-refractivity contribution >= 4 is 17.5 Å². The van der Waals surface area contributed by atoms with Crippen LogP contribution in [0.5, 0.6) is 0 Å². The SMILES string of the molecule is Cc1ccc(C)n1NCc1ccc(C(N)=O)cc1Cl. The number of halogens is 1. The Bertz CT molecular complexity index is 600. The first kappa shape index (κ1) is 13.5. The fraction of sp³-hybridized carbons (Fsp3) is 0.214. The molecule has 1 heterocycles. The van der Waals surface area contributed by atoms with Crippen LogP contribution in [0.25, 0.3) is 0 Å². The molecule has 4 nitrogen and oxygen atoms in total. The number of hydrogen-bond donors (Lipinski definition) is 2. The zero-order valence-electron chi connectivity index (χ0n) is 10.9. The Kier molecular flexibility index (Phi) is 3.81. The summed E-state index contributed by atoms with van der Waals surface area (Å²) in [5.74, 6) is -0.474. The molecule has 0 radical (unpaired) electrons. The predicted molar refractivity (Wildman–Crippen MR) is 76.9 cm³/mol. The molecule has 0 unspecified atom stereocenters. The van der Waals surface area contributed by atoms with Crippen molar-refractivity contribution in [1.29, 1.82) is 0 Å². The molecule has 0 bridgehead atoms. The lowest BCUT2D eigenvalue weighted by Gasteiger charge is -2.13. The van der Waals surface area contributed by atoms with E-state index in [4.69, 9.17) is 17.3 Å². The Labute approximate surface area is 117 Å². The largest absolute Gasteiger partial charge is 0.366 e. The molecule has 1 aromatic heterocycles. The zero-order valence-corrected chi connectivity index (χ0v) is 11.7. The maximum Gasteiger partial charge on any atom is 0.248 e. The van der Waals surface area contributed by atoms with E-state index in [0.29, 0.717) is 17.1 Å². The van der Waals surface area contributed by atoms with Gasteiger partial charge in [0, 0.05) is 22.0 Å². The van der Waals surface area contributed by atoms with E-state index >= 15 is 0 Å². The molecule has 100 valence electrons. The van der Waals surface area contributed by atoms with Crippen molar-refractivity contribution in [1.82, 2.24) is 4.68 Å². The summed E-state index contributed by atoms with van der Waals surface area (Å²) in [5, 5.41) is 0.534. The molecule has 5 heteroatoms. The van der Waals surface area contributed by atoms with Gasteiger partial charge in [0.15, 0.2) is 0 Å². The third-order valence-electron chi connectivity index (χ3n) is 3.04. The van der Waals surface area contributed by atoms with Gasteiger partial charge in [-0.3, -0.25) is 9.47 Å². The topological polar surface area (TPSA) is 60.1 Å². The van der Waals surface area contributed by atoms with E-state index in [1.54, 1.807) is 12.1 Å². The van der Waals surface area contributed by atoms with Gasteiger partial charge in [-0.2, -0.15) is 0 Å². The first-order valence-electron chi connectivity index (χ1n) is 5.96. The van der Waals surface area contributed by atoms with Crippen LogP contribution in [0.3, 0.4) is 0 Å². The van der Waals surface area contributed by atoms with Crippen LogP contribution in [-0.2, 0) is 6.54 Å². The van der Waals surface area contributed by atoms with Crippen LogP contribution in [-0.4, -0.2) is 10.6 Å². The van der Waals surface area contributed by atoms with Crippen LogP contribution in [0, 0.1) is 13.8 Å². The number of carbonyl (C=O) groups is 1. The van der Waals surface area contributed by atoms with Crippen molar-refractivity contribution in [3.05, 3.63) is 57.9 Å². The summed E-state index contributed by atoms with van der Waals surface area (Å²) in [6, 6.07) is 9.17. The van der Waals surface area contributed by atoms with E-state index in [1.165, 1.54) is 0 Å². The lowest BCUT2D eigenvalue weighted by molar-refractivity contribution is 0.100. The van der Waals surface area contributed by atoms with Crippen LogP contribution >= 0.6 is 11.6 Å². The quantitative estimate of drug-likeness (QED) is 0.902. The van der Waals surface area contributed by atoms with Crippen molar-refractivity contribution < 1.29 is 4.79 Å². The van der Waals surface area contributed by atoms with Gasteiger partial charge in [0.25, 0.3) is 0 Å². The van der Waals surface area contributed by atoms with E-state index in [2.05, 4.69) is 5.43 Å². The third kappa shape index (κ3) is 2.90. The number of benzene rings is 1. The standard InChI is InChI=1S/C14H16ClN3O/c1-9-3-4-10(2)18(9)17-8-12-6-5-11(14(16)19)7-13(12)15/h3-7,17H,8H2,1-2H3,(H2,16,19). The number of aromatic nitrogens is 1. The van der Waals surface area contributed by atoms with Gasteiger partial charge in [0.05, 0.1) is 6.54 Å². The second-order valence-electron chi connectivity index (χ2n) is 4.46. The Morgan fingerprint density at radius 1 is 1.26 bits per heavy atom. The zero-order chi connectivity index (χ0) is 14.0. The third-order valence-corrected chi connectivity index (χ3v) is 3.39. The molecule has 0 aliphatic carbocycles. The number of nitrogens with one attached hydrogen (secondary N) is 1. The number of carbonyl (C=O) groups excluding carboxylic acids is 1. The molecule has 0 aliphatic rings. The Balaban J connectivity index is 2.14. The summed E-state index contributed by atoms with van der Waals surface area (Å²) in [7, 11) is 0. The minimum absolute atomic E-state index is 0.419. The molecule has 0 saturated heterocycles. The normalized spacial score (nSPS) is 10.5. The Morgan fingerprint density at radius 3 is 2.42 bits per heavy atom. The number of nitrogens with two attached hydrogens (primary N) is 1. The van der Waals surface area contributed by atoms with Crippen LogP contribution < -0.4 is 11.2 Å². The predicted octanol–water partition coefficient (Wildman–Crippen LogP) is 2.60. The second kappa shape index (κ2) is 5.36. The highest BCUT2D eigenvalue weighted by atomic mass is 35.5. The van der Waals surface area contributed by atoms with Gasteiger partial charge in [0.2, 0.25) is 5.91 Å². The monoisotopic (exact) mass is 277 g/mol. The molecule has 0 aliphatic heterocycles. The molecule has 1 amide bonds. The van der Waals surface area contributed by atoms with E-state index in [-0.39, 0.29) is 0 Å². The second-order valence-corrected chi connectivity index (χ2v) is 4.86. The van der Waals surface area contributed by atoms with Crippen molar-refractivity contribution in [2.45, 2.75) is 20.4 Å². The molecule has 2 rings (SSSR count). The lowest BCUT2D eigenvalue weighted by atomic mass is 10.1. The highest BCUT2D eigenvalue weighted by molar-refractivity contribution is 6.31. The average molecular weight is 278 g/mol. The molecule has 0 saturated carbocycles. The van der Waals surface area contributed by atoms with Crippen molar-refractivity contribution in [3.63, 3.8) is 0 Å². The molecule has 2 aromatic rings. The average Bonchev–Trinajstić information content (AvgIpc) is 2.68. The summed E-state index contributed by atoms with van der Waals surface area (Å²) in [4.78, 5) is 11.0. The highest BCUT2D eigenvalue weighted by Gasteiger charge is 2.06. The number of amides is 1. The molecule has 19 heavy (non-hydrogen) atoms. The van der Waals surface area contributed by atoms with Gasteiger partial charge in [-0.25, -0.2) is 0 Å². The molecule has 0 spiro atoms. The minimum atomic E-state index is -0.474. The first-order chi connectivity index (χ1) is 8.99. The summed E-state index contributed by atoms with van der Waals surface area (Å²) < 4.78 is 2.00. The van der Waals surface area contributed by atoms with E-state index in [0.717, 1.165) is 17.0 Å². The maximum atomic E-state index is 11.0. The molecular formula is C14H16ClN3O. The highest BCUT2D eigenvalue weighted by Crippen LogP contribution is 2.18. The fourth-order valence-electron chi connectivity index (χ4n) is 1.93. The van der Waals surface area contributed by atoms with Crippen molar-refractivity contribution in [3.8, 4) is 0 Å². The molecule has 0 fully saturated rings. The summed E-state index contributed by atoms with van der Waals surface area (Å²) in [5.41, 5.74) is 12.1. The molecular weight excluding hydrogens is 262 g/mol. The van der Waals surface area contributed by atoms with Crippen molar-refractivity contribution in [2.75, 3.05) is 5.43 Å². The summed E-state index contributed by atoms with van der Waals surface area (Å²) in [6.07, 6.45) is 0. The van der Waals surface area contributed by atoms with Crippen molar-refractivity contribution in [2.24, 2.45) is 5.73 Å². The lowest BCUT2D eigenvalue weighted by Crippen LogP contribution is -2.17. The van der Waals surface area contributed by atoms with Crippen LogP contribution in [0.15, 0.2) is 30.3 Å². The minimum Gasteiger partial charge on any atom is -0.366 e. The van der Waals surface area contributed by atoms with E-state index < -0.39 is 5.91 Å². The maximum absolute atomic E-state index is 11.0. The van der Waals surface area contributed by atoms with E-state index in [9.17, 15) is 4.79 Å². The van der Waals surface area contributed by atoms with Crippen LogP contribution in [0.1, 0.15) is 27.3 Å². The van der Waals surface area contributed by atoms with Gasteiger partial charge < -0.3 is 11.2 Å². The summed E-state index contributed by atoms with van der Waals surface area (Å²) in [6.45, 7) is 4.63. The van der Waals surface area contributed by atoms with Gasteiger partial charge in [-0.15, -0.1) is 0 Å². The number of primary amides is 1.